The summed E-state index contributed by atoms with van der Waals surface area (Å²) in [6.45, 7) is 19.2. The molecule has 0 saturated heterocycles. The van der Waals surface area contributed by atoms with Gasteiger partial charge in [-0.15, -0.1) is 0 Å². The minimum atomic E-state index is -2.05. The maximum absolute atomic E-state index is 11.2. The van der Waals surface area contributed by atoms with E-state index in [0.717, 1.165) is 4.90 Å². The highest BCUT2D eigenvalue weighted by atomic mass is 15.2. The lowest BCUT2D eigenvalue weighted by atomic mass is 9.33. The maximum Gasteiger partial charge on any atom is 0.252 e. The van der Waals surface area contributed by atoms with Crippen LogP contribution in [0.1, 0.15) is 155 Å². The molecule has 10 aromatic carbocycles. The van der Waals surface area contributed by atoms with Gasteiger partial charge in [0, 0.05) is 50.6 Å². The molecule has 0 amide bonds. The Morgan fingerprint density at radius 1 is 0.400 bits per heavy atom. The molecular formula is C75H71BN4. The van der Waals surface area contributed by atoms with E-state index in [2.05, 4.69) is 0 Å². The average Bonchev–Trinajstić information content (AvgIpc) is 1.25. The van der Waals surface area contributed by atoms with Crippen LogP contribution in [0.3, 0.4) is 0 Å². The molecule has 3 aliphatic heterocycles. The van der Waals surface area contributed by atoms with Crippen molar-refractivity contribution < 1.29 is 43.9 Å². The van der Waals surface area contributed by atoms with E-state index in [-0.39, 0.29) is 78.8 Å². The van der Waals surface area contributed by atoms with Gasteiger partial charge in [0.1, 0.15) is 0 Å². The van der Waals surface area contributed by atoms with E-state index in [4.69, 9.17) is 5.48 Å². The Labute approximate surface area is 519 Å². The Balaban J connectivity index is 1.26. The van der Waals surface area contributed by atoms with Crippen molar-refractivity contribution in [3.63, 3.8) is 0 Å². The molecule has 394 valence electrons. The van der Waals surface area contributed by atoms with Crippen LogP contribution in [-0.4, -0.2) is 11.3 Å². The molecule has 0 unspecified atom stereocenters. The summed E-state index contributed by atoms with van der Waals surface area (Å²) < 4.78 is 319. The third-order valence-corrected chi connectivity index (χ3v) is 14.7. The highest BCUT2D eigenvalue weighted by Crippen LogP contribution is 2.54. The number of aromatic nitrogens is 1. The number of rotatable bonds is 5. The van der Waals surface area contributed by atoms with Crippen LogP contribution in [0.4, 0.5) is 51.2 Å². The van der Waals surface area contributed by atoms with Gasteiger partial charge < -0.3 is 19.3 Å². The Morgan fingerprint density at radius 3 is 1.61 bits per heavy atom. The van der Waals surface area contributed by atoms with E-state index >= 15 is 0 Å². The fraction of sp³-hybridized carbons (Fsp3) is 0.227. The van der Waals surface area contributed by atoms with Crippen molar-refractivity contribution in [1.82, 2.24) is 4.57 Å². The van der Waals surface area contributed by atoms with Crippen LogP contribution in [0.2, 0.25) is 0 Å². The van der Waals surface area contributed by atoms with Gasteiger partial charge in [-0.1, -0.05) is 180 Å². The summed E-state index contributed by atoms with van der Waals surface area (Å²) in [5.41, 5.74) is -15.4. The first-order valence-electron chi connectivity index (χ1n) is 42.3. The molecule has 0 N–H and O–H groups in total. The van der Waals surface area contributed by atoms with Crippen molar-refractivity contribution in [2.75, 3.05) is 14.7 Å². The summed E-state index contributed by atoms with van der Waals surface area (Å²) in [7, 11) is 0. The van der Waals surface area contributed by atoms with Crippen molar-refractivity contribution in [3.8, 4) is 16.8 Å². The number of benzene rings is 10. The summed E-state index contributed by atoms with van der Waals surface area (Å²) in [6, 6.07) is -26.7. The van der Waals surface area contributed by atoms with Crippen LogP contribution in [-0.2, 0) is 21.7 Å². The second-order valence-electron chi connectivity index (χ2n) is 24.6. The zero-order chi connectivity index (χ0) is 83.4. The minimum Gasteiger partial charge on any atom is -0.311 e. The SMILES string of the molecule is [2H]c1c([2H])c2c3c(c1[2H])-n1c4c([2H])c([2H])c(C(C)(C)C)c([2H])c4c4c([2H])c(C(C)(C)C)c([2H])c(c41)N3c1c([2H])c(C)c([2H])c3c1B2c1c([2H])c([2H])c(N(c2c([2H])c([2H])c(C(C)(C)C)c([2H])c2[2H])c2c([2H])c([2H])c(C(C)(C)C)c([2H])c2[2H])c([2H])c1N3c1c([2H])c([2H])c(-c2c([2H])c([2H])c3c([2H])c([2H])c([2H])c([2H])c3c2[2H])c([2H])c1[2H]. The molecule has 4 heterocycles. The molecular weight excluding hydrogens is 968 g/mol. The Kier molecular flexibility index (Phi) is 5.71. The molecule has 11 aromatic rings. The first-order chi connectivity index (χ1) is 51.5. The van der Waals surface area contributed by atoms with Gasteiger partial charge in [-0.3, -0.25) is 0 Å². The van der Waals surface area contributed by atoms with E-state index in [1.807, 2.05) is 0 Å². The van der Waals surface area contributed by atoms with Gasteiger partial charge in [-0.2, -0.15) is 0 Å². The van der Waals surface area contributed by atoms with Gasteiger partial charge in [0.2, 0.25) is 0 Å². The van der Waals surface area contributed by atoms with E-state index < -0.39 is 288 Å². The number of hydrogen-bond acceptors (Lipinski definition) is 3. The zero-order valence-electron chi connectivity index (χ0n) is 78.4. The van der Waals surface area contributed by atoms with Crippen LogP contribution < -0.4 is 31.1 Å². The van der Waals surface area contributed by atoms with Crippen LogP contribution in [0, 0.1) is 6.92 Å². The average molecular weight is 1070 g/mol. The number of anilines is 9. The van der Waals surface area contributed by atoms with Crippen molar-refractivity contribution in [1.29, 1.82) is 0 Å². The van der Waals surface area contributed by atoms with Gasteiger partial charge in [0.15, 0.2) is 0 Å². The number of nitrogens with zero attached hydrogens (tertiary/aromatic N) is 4. The van der Waals surface area contributed by atoms with E-state index in [1.54, 1.807) is 83.1 Å². The third kappa shape index (κ3) is 7.78. The fourth-order valence-corrected chi connectivity index (χ4v) is 10.5. The zero-order valence-corrected chi connectivity index (χ0v) is 46.4. The Bertz CT molecular complexity index is 6150. The van der Waals surface area contributed by atoms with Crippen molar-refractivity contribution in [3.05, 3.63) is 221 Å². The smallest absolute Gasteiger partial charge is 0.252 e. The first-order valence-corrected chi connectivity index (χ1v) is 26.3. The lowest BCUT2D eigenvalue weighted by Crippen LogP contribution is -2.61. The molecule has 0 radical (unpaired) electrons. The lowest BCUT2D eigenvalue weighted by Gasteiger charge is -2.46. The molecule has 5 heteroatoms. The molecule has 0 spiro atoms. The normalized spacial score (nSPS) is 19.3. The lowest BCUT2D eigenvalue weighted by molar-refractivity contribution is 0.590. The largest absolute Gasteiger partial charge is 0.311 e. The maximum atomic E-state index is 11.2. The fourth-order valence-electron chi connectivity index (χ4n) is 10.5. The summed E-state index contributed by atoms with van der Waals surface area (Å²) >= 11 is 0. The van der Waals surface area contributed by atoms with Crippen LogP contribution in [0.25, 0.3) is 49.4 Å². The van der Waals surface area contributed by atoms with E-state index in [9.17, 15) is 38.4 Å². The highest BCUT2D eigenvalue weighted by Gasteiger charge is 2.47. The Morgan fingerprint density at radius 2 is 0.975 bits per heavy atom. The molecule has 0 bridgehead atoms. The van der Waals surface area contributed by atoms with Gasteiger partial charge in [-0.25, -0.2) is 0 Å². The predicted octanol–water partition coefficient (Wildman–Crippen LogP) is 19.0. The van der Waals surface area contributed by atoms with Crippen molar-refractivity contribution >= 4 is 107 Å². The molecule has 4 nitrogen and oxygen atoms in total. The first kappa shape index (κ1) is 26.3. The number of hydrogen-bond donors (Lipinski definition) is 0. The van der Waals surface area contributed by atoms with Gasteiger partial charge >= 0.3 is 0 Å². The van der Waals surface area contributed by atoms with Crippen LogP contribution in [0.15, 0.2) is 193 Å². The number of fused-ring (bicyclic) bond motifs is 10. The monoisotopic (exact) mass is 1070 g/mol. The van der Waals surface area contributed by atoms with Crippen LogP contribution in [0.5, 0.6) is 0 Å². The molecule has 1 aromatic heterocycles. The molecule has 80 heavy (non-hydrogen) atoms. The summed E-state index contributed by atoms with van der Waals surface area (Å²) in [4.78, 5) is 2.71. The van der Waals surface area contributed by atoms with Crippen molar-refractivity contribution in [2.45, 2.75) is 112 Å². The molecule has 0 aliphatic carbocycles. The van der Waals surface area contributed by atoms with Crippen LogP contribution >= 0.6 is 0 Å². The summed E-state index contributed by atoms with van der Waals surface area (Å²) in [5, 5.41) is -1.38. The molecule has 0 atom stereocenters. The molecule has 3 aliphatic rings. The standard InChI is InChI=1S/C75H71BN4/c1-46-39-66-69-67(40-46)80-68-44-54(75(11,12)13)43-60-59-42-53(74(8,9)10)29-38-63(59)79(70(60)68)64-20-16-19-62(71(64)80)76(69)61-37-36-58(77(55-32-25-51(26-33-55)72(2,3)4)56-34-27-52(28-35-56)73(5,6)7)45-65(61)78(66)57-30-23-48(24-31-57)50-22-21-47-17-14-15-18-49(47)41-50/h14-45H,1-13H3/i14D,15D,16D,17D,18D,19D,20D,21D,22D,23D,24D,25D,26D,27D,28D,29D,30D,31D,32D,33D,34D,35D,36D,37D,38D,39D,40D,41D,42D,43D,44D,45D. The second kappa shape index (κ2) is 17.4. The topological polar surface area (TPSA) is 14.7 Å². The summed E-state index contributed by atoms with van der Waals surface area (Å²) in [5.74, 6) is 0. The minimum absolute atomic E-state index is 0.0161. The molecule has 0 saturated carbocycles. The van der Waals surface area contributed by atoms with E-state index in [1.165, 1.54) is 16.4 Å². The van der Waals surface area contributed by atoms with Gasteiger partial charge in [0.05, 0.1) is 72.0 Å². The Hall–Kier alpha value is -8.28. The van der Waals surface area contributed by atoms with E-state index in [0.29, 0.717) is 4.90 Å². The van der Waals surface area contributed by atoms with Gasteiger partial charge in [-0.05, 0) is 191 Å². The highest BCUT2D eigenvalue weighted by molar-refractivity contribution is 7.00. The van der Waals surface area contributed by atoms with Gasteiger partial charge in [0.25, 0.3) is 6.71 Å². The number of para-hydroxylation sites is 1. The molecule has 0 fully saturated rings. The predicted molar refractivity (Wildman–Crippen MR) is 346 cm³/mol. The second-order valence-corrected chi connectivity index (χ2v) is 24.6. The third-order valence-electron chi connectivity index (χ3n) is 14.7. The molecule has 14 rings (SSSR count). The quantitative estimate of drug-likeness (QED) is 0.160. The van der Waals surface area contributed by atoms with Crippen molar-refractivity contribution in [2.24, 2.45) is 0 Å². The summed E-state index contributed by atoms with van der Waals surface area (Å²) in [6.07, 6.45) is 0.